The molecule has 2 rings (SSSR count). The third kappa shape index (κ3) is 1.34. The van der Waals surface area contributed by atoms with Crippen molar-refractivity contribution in [2.45, 2.75) is 39.7 Å². The highest BCUT2D eigenvalue weighted by Gasteiger charge is 2.62. The summed E-state index contributed by atoms with van der Waals surface area (Å²) in [6, 6.07) is -0.758. The monoisotopic (exact) mass is 224 g/mol. The first-order valence-electron chi connectivity index (χ1n) is 5.59. The molecule has 1 aliphatic heterocycles. The molecule has 1 aliphatic carbocycles. The topological polar surface area (TPSA) is 66.5 Å². The lowest BCUT2D eigenvalue weighted by Gasteiger charge is -2.36. The van der Waals surface area contributed by atoms with Gasteiger partial charge in [0, 0.05) is 6.04 Å². The highest BCUT2D eigenvalue weighted by atomic mass is 16.2. The van der Waals surface area contributed by atoms with Gasteiger partial charge in [0.15, 0.2) is 0 Å². The fourth-order valence-electron chi connectivity index (χ4n) is 1.93. The number of nitrogens with one attached hydrogen (secondary N) is 1. The first kappa shape index (κ1) is 11.1. The quantitative estimate of drug-likeness (QED) is 0.708. The molecule has 5 nitrogen and oxygen atoms in total. The molecule has 0 aromatic rings. The summed E-state index contributed by atoms with van der Waals surface area (Å²) in [5, 5.41) is 2.28. The van der Waals surface area contributed by atoms with Gasteiger partial charge in [-0.05, 0) is 25.7 Å². The number of hydrogen-bond donors (Lipinski definition) is 1. The Bertz CT molecular complexity index is 371. The van der Waals surface area contributed by atoms with Gasteiger partial charge in [-0.3, -0.25) is 19.8 Å². The summed E-state index contributed by atoms with van der Waals surface area (Å²) in [7, 11) is 0. The van der Waals surface area contributed by atoms with Crippen LogP contribution in [0, 0.1) is 11.3 Å². The molecule has 5 heteroatoms. The molecule has 1 unspecified atom stereocenters. The van der Waals surface area contributed by atoms with Gasteiger partial charge in [0.05, 0.1) is 0 Å². The van der Waals surface area contributed by atoms with Crippen molar-refractivity contribution in [3.8, 4) is 0 Å². The minimum atomic E-state index is -0.920. The van der Waals surface area contributed by atoms with Crippen molar-refractivity contribution in [1.29, 1.82) is 0 Å². The lowest BCUT2D eigenvalue weighted by molar-refractivity contribution is -0.146. The van der Waals surface area contributed by atoms with Crippen molar-refractivity contribution < 1.29 is 14.4 Å². The molecular weight excluding hydrogens is 208 g/mol. The van der Waals surface area contributed by atoms with Crippen LogP contribution in [0.1, 0.15) is 33.6 Å². The van der Waals surface area contributed by atoms with E-state index in [-0.39, 0.29) is 17.9 Å². The Morgan fingerprint density at radius 2 is 1.75 bits per heavy atom. The second-order valence-electron chi connectivity index (χ2n) is 5.00. The fraction of sp³-hybridized carbons (Fsp3) is 0.727. The lowest BCUT2D eigenvalue weighted by Crippen LogP contribution is -2.62. The largest absolute Gasteiger partial charge is 0.331 e. The smallest absolute Gasteiger partial charge is 0.277 e. The molecule has 1 saturated carbocycles. The van der Waals surface area contributed by atoms with Gasteiger partial charge in [-0.25, -0.2) is 4.79 Å². The minimum Gasteiger partial charge on any atom is -0.277 e. The predicted octanol–water partition coefficient (Wildman–Crippen LogP) is 0.889. The van der Waals surface area contributed by atoms with E-state index in [2.05, 4.69) is 5.32 Å². The Hall–Kier alpha value is -1.39. The van der Waals surface area contributed by atoms with E-state index < -0.39 is 17.4 Å². The van der Waals surface area contributed by atoms with Gasteiger partial charge >= 0.3 is 6.03 Å². The lowest BCUT2D eigenvalue weighted by atomic mass is 9.97. The number of rotatable bonds is 2. The molecule has 2 aliphatic rings. The summed E-state index contributed by atoms with van der Waals surface area (Å²) in [5.74, 6) is -0.559. The van der Waals surface area contributed by atoms with Gasteiger partial charge in [-0.2, -0.15) is 0 Å². The Kier molecular flexibility index (Phi) is 2.29. The summed E-state index contributed by atoms with van der Waals surface area (Å²) in [4.78, 5) is 36.5. The average Bonchev–Trinajstić information content (AvgIpc) is 2.96. The Balaban J connectivity index is 2.28. The van der Waals surface area contributed by atoms with Gasteiger partial charge in [-0.1, -0.05) is 13.8 Å². The molecule has 4 amide bonds. The molecule has 1 N–H and O–H groups in total. The van der Waals surface area contributed by atoms with Crippen molar-refractivity contribution >= 4 is 17.8 Å². The zero-order valence-electron chi connectivity index (χ0n) is 9.74. The van der Waals surface area contributed by atoms with E-state index >= 15 is 0 Å². The molecular formula is C11H16N2O3. The number of amides is 4. The molecule has 0 aromatic heterocycles. The van der Waals surface area contributed by atoms with Crippen molar-refractivity contribution in [2.24, 2.45) is 11.3 Å². The molecule has 1 spiro atoms. The van der Waals surface area contributed by atoms with Gasteiger partial charge in [0.1, 0.15) is 5.41 Å². The summed E-state index contributed by atoms with van der Waals surface area (Å²) in [6.45, 7) is 5.72. The number of nitrogens with zero attached hydrogens (tertiary/aromatic N) is 1. The highest BCUT2D eigenvalue weighted by molar-refractivity contribution is 6.21. The zero-order valence-corrected chi connectivity index (χ0v) is 9.74. The summed E-state index contributed by atoms with van der Waals surface area (Å²) in [6.07, 6.45) is 1.12. The van der Waals surface area contributed by atoms with Crippen LogP contribution in [-0.4, -0.2) is 28.8 Å². The molecule has 0 aromatic carbocycles. The molecule has 88 valence electrons. The molecule has 1 heterocycles. The van der Waals surface area contributed by atoms with Crippen LogP contribution in [0.3, 0.4) is 0 Å². The molecule has 16 heavy (non-hydrogen) atoms. The van der Waals surface area contributed by atoms with E-state index in [9.17, 15) is 14.4 Å². The molecule has 0 bridgehead atoms. The van der Waals surface area contributed by atoms with E-state index in [4.69, 9.17) is 0 Å². The predicted molar refractivity (Wildman–Crippen MR) is 56.4 cm³/mol. The SMILES string of the molecule is CC(C)C(C)N1C(=O)NC(=O)C2(CC2)C1=O. The second kappa shape index (κ2) is 3.30. The minimum absolute atomic E-state index is 0.179. The van der Waals surface area contributed by atoms with Crippen LogP contribution in [0.2, 0.25) is 0 Å². The maximum absolute atomic E-state index is 12.1. The molecule has 1 saturated heterocycles. The standard InChI is InChI=1S/C11H16N2O3/c1-6(2)7(3)13-9(15)11(4-5-11)8(14)12-10(13)16/h6-7H,4-5H2,1-3H3,(H,12,14,16). The summed E-state index contributed by atoms with van der Waals surface area (Å²) < 4.78 is 0. The Labute approximate surface area is 94.2 Å². The van der Waals surface area contributed by atoms with E-state index in [1.165, 1.54) is 4.90 Å². The Morgan fingerprint density at radius 1 is 1.19 bits per heavy atom. The maximum atomic E-state index is 12.1. The fourth-order valence-corrected chi connectivity index (χ4v) is 1.93. The third-order valence-corrected chi connectivity index (χ3v) is 3.62. The zero-order chi connectivity index (χ0) is 12.1. The van der Waals surface area contributed by atoms with E-state index in [0.29, 0.717) is 12.8 Å². The number of imide groups is 2. The van der Waals surface area contributed by atoms with Crippen molar-refractivity contribution in [1.82, 2.24) is 10.2 Å². The van der Waals surface area contributed by atoms with Crippen LogP contribution >= 0.6 is 0 Å². The number of barbiturate groups is 1. The number of hydrogen-bond acceptors (Lipinski definition) is 3. The second-order valence-corrected chi connectivity index (χ2v) is 5.00. The van der Waals surface area contributed by atoms with Crippen molar-refractivity contribution in [2.75, 3.05) is 0 Å². The van der Waals surface area contributed by atoms with E-state index in [0.717, 1.165) is 0 Å². The average molecular weight is 224 g/mol. The van der Waals surface area contributed by atoms with Crippen LogP contribution in [0.15, 0.2) is 0 Å². The van der Waals surface area contributed by atoms with Gasteiger partial charge in [0.25, 0.3) is 0 Å². The Morgan fingerprint density at radius 3 is 2.19 bits per heavy atom. The van der Waals surface area contributed by atoms with Crippen LogP contribution in [0.5, 0.6) is 0 Å². The molecule has 1 atom stereocenters. The van der Waals surface area contributed by atoms with Gasteiger partial charge in [-0.15, -0.1) is 0 Å². The van der Waals surface area contributed by atoms with Crippen LogP contribution in [0.25, 0.3) is 0 Å². The highest BCUT2D eigenvalue weighted by Crippen LogP contribution is 2.49. The van der Waals surface area contributed by atoms with E-state index in [1.807, 2.05) is 20.8 Å². The first-order valence-corrected chi connectivity index (χ1v) is 5.59. The van der Waals surface area contributed by atoms with E-state index in [1.54, 1.807) is 0 Å². The number of urea groups is 1. The summed E-state index contributed by atoms with van der Waals surface area (Å²) >= 11 is 0. The van der Waals surface area contributed by atoms with Gasteiger partial charge < -0.3 is 0 Å². The van der Waals surface area contributed by atoms with Crippen molar-refractivity contribution in [3.05, 3.63) is 0 Å². The normalized spacial score (nSPS) is 25.0. The van der Waals surface area contributed by atoms with Crippen LogP contribution < -0.4 is 5.32 Å². The third-order valence-electron chi connectivity index (χ3n) is 3.62. The summed E-state index contributed by atoms with van der Waals surface area (Å²) in [5.41, 5.74) is -0.920. The molecule has 0 radical (unpaired) electrons. The number of carbonyl (C=O) groups excluding carboxylic acids is 3. The maximum Gasteiger partial charge on any atom is 0.331 e. The number of carbonyl (C=O) groups is 3. The van der Waals surface area contributed by atoms with Gasteiger partial charge in [0.2, 0.25) is 11.8 Å². The van der Waals surface area contributed by atoms with Crippen molar-refractivity contribution in [3.63, 3.8) is 0 Å². The first-order chi connectivity index (χ1) is 7.40. The van der Waals surface area contributed by atoms with Crippen LogP contribution in [-0.2, 0) is 9.59 Å². The molecule has 2 fully saturated rings. The van der Waals surface area contributed by atoms with Crippen LogP contribution in [0.4, 0.5) is 4.79 Å².